The van der Waals surface area contributed by atoms with E-state index in [9.17, 15) is 28.1 Å². The van der Waals surface area contributed by atoms with Gasteiger partial charge in [-0.2, -0.15) is 0 Å². The van der Waals surface area contributed by atoms with Gasteiger partial charge in [-0.3, -0.25) is 10.1 Å². The summed E-state index contributed by atoms with van der Waals surface area (Å²) in [6.07, 6.45) is -4.93. The number of aromatic carboxylic acids is 1. The number of rotatable bonds is 4. The number of carboxylic acid groups (broad SMARTS) is 1. The second-order valence-electron chi connectivity index (χ2n) is 4.40. The summed E-state index contributed by atoms with van der Waals surface area (Å²) in [5, 5.41) is 19.9. The highest BCUT2D eigenvalue weighted by molar-refractivity contribution is 5.90. The molecule has 0 atom stereocenters. The molecule has 0 unspecified atom stereocenters. The lowest BCUT2D eigenvalue weighted by Crippen LogP contribution is -2.34. The van der Waals surface area contributed by atoms with Crippen LogP contribution in [0.15, 0.2) is 48.5 Å². The normalized spacial score (nSPS) is 11.1. The number of para-hydroxylation sites is 1. The number of nitro benzene ring substituents is 1. The van der Waals surface area contributed by atoms with Crippen LogP contribution in [0.4, 0.5) is 30.2 Å². The van der Waals surface area contributed by atoms with E-state index in [1.807, 2.05) is 0 Å². The van der Waals surface area contributed by atoms with Gasteiger partial charge in [0.05, 0.1) is 10.5 Å². The predicted molar refractivity (Wildman–Crippen MR) is 74.7 cm³/mol. The number of anilines is 2. The monoisotopic (exact) mass is 326 g/mol. The largest absolute Gasteiger partial charge is 0.489 e. The van der Waals surface area contributed by atoms with Crippen molar-refractivity contribution in [3.8, 4) is 0 Å². The molecule has 0 saturated heterocycles. The summed E-state index contributed by atoms with van der Waals surface area (Å²) in [5.41, 5.74) is -2.52. The maximum Gasteiger partial charge on any atom is 0.489 e. The van der Waals surface area contributed by atoms with Gasteiger partial charge in [0.2, 0.25) is 0 Å². The summed E-state index contributed by atoms with van der Waals surface area (Å²) in [6.45, 7) is 0. The van der Waals surface area contributed by atoms with Gasteiger partial charge < -0.3 is 5.11 Å². The van der Waals surface area contributed by atoms with Gasteiger partial charge in [0.1, 0.15) is 5.69 Å². The first kappa shape index (κ1) is 16.3. The van der Waals surface area contributed by atoms with Crippen molar-refractivity contribution in [2.24, 2.45) is 0 Å². The highest BCUT2D eigenvalue weighted by Crippen LogP contribution is 2.41. The summed E-state index contributed by atoms with van der Waals surface area (Å²) in [6, 6.07) is 8.73. The van der Waals surface area contributed by atoms with Crippen LogP contribution >= 0.6 is 0 Å². The van der Waals surface area contributed by atoms with E-state index in [4.69, 9.17) is 5.11 Å². The Morgan fingerprint density at radius 1 is 1.13 bits per heavy atom. The fourth-order valence-electron chi connectivity index (χ4n) is 1.99. The molecule has 23 heavy (non-hydrogen) atoms. The molecule has 9 heteroatoms. The van der Waals surface area contributed by atoms with Crippen LogP contribution in [0.2, 0.25) is 0 Å². The third-order valence-electron chi connectivity index (χ3n) is 2.93. The summed E-state index contributed by atoms with van der Waals surface area (Å²) < 4.78 is 40.1. The lowest BCUT2D eigenvalue weighted by Gasteiger charge is -2.26. The Morgan fingerprint density at radius 3 is 2.22 bits per heavy atom. The quantitative estimate of drug-likeness (QED) is 0.522. The van der Waals surface area contributed by atoms with Crippen molar-refractivity contribution < 1.29 is 28.0 Å². The van der Waals surface area contributed by atoms with E-state index >= 15 is 0 Å². The first-order chi connectivity index (χ1) is 10.7. The number of carboxylic acids is 1. The summed E-state index contributed by atoms with van der Waals surface area (Å²) >= 11 is 0. The molecule has 2 aromatic carbocycles. The minimum absolute atomic E-state index is 0.170. The predicted octanol–water partition coefficient (Wildman–Crippen LogP) is 3.95. The van der Waals surface area contributed by atoms with Crippen LogP contribution in [0.5, 0.6) is 0 Å². The average molecular weight is 326 g/mol. The molecule has 0 radical (unpaired) electrons. The zero-order chi connectivity index (χ0) is 17.2. The molecule has 1 N–H and O–H groups in total. The van der Waals surface area contributed by atoms with Crippen LogP contribution in [0, 0.1) is 10.1 Å². The number of halogens is 3. The second kappa shape index (κ2) is 5.95. The van der Waals surface area contributed by atoms with Gasteiger partial charge in [-0.25, -0.2) is 9.69 Å². The highest BCUT2D eigenvalue weighted by Gasteiger charge is 2.42. The van der Waals surface area contributed by atoms with E-state index in [0.29, 0.717) is 6.07 Å². The van der Waals surface area contributed by atoms with Gasteiger partial charge in [0, 0.05) is 11.8 Å². The van der Waals surface area contributed by atoms with Crippen LogP contribution in [0.25, 0.3) is 0 Å². The van der Waals surface area contributed by atoms with Crippen molar-refractivity contribution in [3.05, 3.63) is 64.2 Å². The molecule has 0 fully saturated rings. The molecule has 0 amide bonds. The van der Waals surface area contributed by atoms with E-state index < -0.39 is 34.1 Å². The van der Waals surface area contributed by atoms with Gasteiger partial charge in [-0.15, -0.1) is 13.2 Å². The Balaban J connectivity index is 2.69. The zero-order valence-corrected chi connectivity index (χ0v) is 11.3. The first-order valence-electron chi connectivity index (χ1n) is 6.15. The second-order valence-corrected chi connectivity index (χ2v) is 4.40. The van der Waals surface area contributed by atoms with Crippen molar-refractivity contribution >= 4 is 23.0 Å². The molecule has 120 valence electrons. The smallest absolute Gasteiger partial charge is 0.478 e. The number of benzene rings is 2. The number of nitrogens with zero attached hydrogens (tertiary/aromatic N) is 2. The highest BCUT2D eigenvalue weighted by atomic mass is 19.4. The molecule has 0 heterocycles. The fraction of sp³-hybridized carbons (Fsp3) is 0.0714. The number of alkyl halides is 3. The molecule has 0 aliphatic carbocycles. The molecule has 0 spiro atoms. The van der Waals surface area contributed by atoms with Crippen molar-refractivity contribution in [2.75, 3.05) is 4.90 Å². The van der Waals surface area contributed by atoms with Gasteiger partial charge in [-0.1, -0.05) is 18.2 Å². The maximum absolute atomic E-state index is 13.4. The van der Waals surface area contributed by atoms with Gasteiger partial charge in [0.15, 0.2) is 0 Å². The van der Waals surface area contributed by atoms with E-state index in [1.165, 1.54) is 18.2 Å². The molecule has 2 rings (SSSR count). The van der Waals surface area contributed by atoms with Crippen LogP contribution < -0.4 is 4.90 Å². The van der Waals surface area contributed by atoms with E-state index in [-0.39, 0.29) is 10.6 Å². The number of nitro groups is 1. The van der Waals surface area contributed by atoms with Crippen LogP contribution in [-0.4, -0.2) is 22.3 Å². The average Bonchev–Trinajstić information content (AvgIpc) is 2.47. The molecular weight excluding hydrogens is 317 g/mol. The van der Waals surface area contributed by atoms with Crippen LogP contribution in [0.1, 0.15) is 10.4 Å². The zero-order valence-electron chi connectivity index (χ0n) is 11.3. The standard InChI is InChI=1S/C14H9F3N2O4/c15-14(16,17)18(10-4-2-1-3-5-10)11-7-6-9(13(20)21)8-12(11)19(22)23/h1-8H,(H,20,21). The number of hydrogen-bond acceptors (Lipinski definition) is 4. The molecule has 0 saturated carbocycles. The minimum Gasteiger partial charge on any atom is -0.478 e. The van der Waals surface area contributed by atoms with Crippen molar-refractivity contribution in [2.45, 2.75) is 6.30 Å². The molecule has 0 aromatic heterocycles. The molecule has 2 aromatic rings. The Morgan fingerprint density at radius 2 is 1.74 bits per heavy atom. The maximum atomic E-state index is 13.4. The van der Waals surface area contributed by atoms with Crippen molar-refractivity contribution in [3.63, 3.8) is 0 Å². The Kier molecular flexibility index (Phi) is 4.21. The van der Waals surface area contributed by atoms with Crippen LogP contribution in [-0.2, 0) is 0 Å². The third kappa shape index (κ3) is 3.39. The Labute approximate surface area is 127 Å². The SMILES string of the molecule is O=C(O)c1ccc(N(c2ccccc2)C(F)(F)F)c([N+](=O)[O-])c1. The van der Waals surface area contributed by atoms with E-state index in [0.717, 1.165) is 24.3 Å². The number of carbonyl (C=O) groups is 1. The number of hydrogen-bond donors (Lipinski definition) is 1. The summed E-state index contributed by atoms with van der Waals surface area (Å²) in [4.78, 5) is 20.7. The van der Waals surface area contributed by atoms with Gasteiger partial charge >= 0.3 is 12.3 Å². The Hall–Kier alpha value is -3.10. The fourth-order valence-corrected chi connectivity index (χ4v) is 1.99. The minimum atomic E-state index is -4.93. The van der Waals surface area contributed by atoms with E-state index in [1.54, 1.807) is 0 Å². The van der Waals surface area contributed by atoms with Crippen LogP contribution in [0.3, 0.4) is 0 Å². The molecule has 0 aliphatic rings. The molecular formula is C14H9F3N2O4. The van der Waals surface area contributed by atoms with Crippen molar-refractivity contribution in [1.82, 2.24) is 0 Å². The van der Waals surface area contributed by atoms with Crippen molar-refractivity contribution in [1.29, 1.82) is 0 Å². The lowest BCUT2D eigenvalue weighted by atomic mass is 10.1. The van der Waals surface area contributed by atoms with E-state index in [2.05, 4.69) is 0 Å². The Bertz CT molecular complexity index is 747. The molecule has 6 nitrogen and oxygen atoms in total. The van der Waals surface area contributed by atoms with Gasteiger partial charge in [-0.05, 0) is 24.3 Å². The summed E-state index contributed by atoms with van der Waals surface area (Å²) in [5.74, 6) is -1.47. The first-order valence-corrected chi connectivity index (χ1v) is 6.15. The van der Waals surface area contributed by atoms with Gasteiger partial charge in [0.25, 0.3) is 5.69 Å². The summed E-state index contributed by atoms with van der Waals surface area (Å²) in [7, 11) is 0. The lowest BCUT2D eigenvalue weighted by molar-refractivity contribution is -0.384. The molecule has 0 aliphatic heterocycles. The molecule has 0 bridgehead atoms. The third-order valence-corrected chi connectivity index (χ3v) is 2.93. The topological polar surface area (TPSA) is 83.7 Å².